The summed E-state index contributed by atoms with van der Waals surface area (Å²) >= 11 is 12.2. The monoisotopic (exact) mass is 457 g/mol. The maximum absolute atomic E-state index is 12.7. The highest BCUT2D eigenvalue weighted by molar-refractivity contribution is 6.35. The highest BCUT2D eigenvalue weighted by Crippen LogP contribution is 2.35. The fourth-order valence-electron chi connectivity index (χ4n) is 3.07. The Morgan fingerprint density at radius 1 is 0.968 bits per heavy atom. The highest BCUT2D eigenvalue weighted by Gasteiger charge is 2.17. The first-order chi connectivity index (χ1) is 15.0. The van der Waals surface area contributed by atoms with Crippen LogP contribution in [0.2, 0.25) is 10.0 Å². The molecule has 0 saturated heterocycles. The molecular formula is C23H17Cl2NO5. The third kappa shape index (κ3) is 4.46. The Labute approximate surface area is 188 Å². The zero-order chi connectivity index (χ0) is 22.0. The Kier molecular flexibility index (Phi) is 6.04. The SMILES string of the molecule is COc1ccc(NC(=O)c2ccc(-c3cc(Cl)ccc3Cl)o2)cc1-c1ccc(CO)o1. The average molecular weight is 458 g/mol. The number of rotatable bonds is 6. The molecule has 0 atom stereocenters. The molecule has 0 aliphatic carbocycles. The molecular weight excluding hydrogens is 441 g/mol. The smallest absolute Gasteiger partial charge is 0.291 e. The molecule has 0 unspecified atom stereocenters. The number of aliphatic hydroxyl groups is 1. The number of benzene rings is 2. The number of halogens is 2. The van der Waals surface area contributed by atoms with Crippen molar-refractivity contribution in [2.45, 2.75) is 6.61 Å². The molecule has 31 heavy (non-hydrogen) atoms. The molecule has 0 bridgehead atoms. The van der Waals surface area contributed by atoms with Gasteiger partial charge in [-0.3, -0.25) is 4.79 Å². The van der Waals surface area contributed by atoms with Crippen LogP contribution in [0.5, 0.6) is 5.75 Å². The maximum atomic E-state index is 12.7. The lowest BCUT2D eigenvalue weighted by molar-refractivity contribution is 0.0997. The van der Waals surface area contributed by atoms with Crippen LogP contribution in [0, 0.1) is 0 Å². The quantitative estimate of drug-likeness (QED) is 0.356. The predicted molar refractivity (Wildman–Crippen MR) is 119 cm³/mol. The minimum absolute atomic E-state index is 0.115. The fourth-order valence-corrected chi connectivity index (χ4v) is 3.45. The molecule has 0 spiro atoms. The number of ether oxygens (including phenoxy) is 1. The van der Waals surface area contributed by atoms with Crippen molar-refractivity contribution in [2.24, 2.45) is 0 Å². The van der Waals surface area contributed by atoms with Crippen molar-refractivity contribution in [3.8, 4) is 28.4 Å². The van der Waals surface area contributed by atoms with Gasteiger partial charge >= 0.3 is 0 Å². The molecule has 0 fully saturated rings. The van der Waals surface area contributed by atoms with Crippen molar-refractivity contribution in [1.82, 2.24) is 0 Å². The summed E-state index contributed by atoms with van der Waals surface area (Å²) in [7, 11) is 1.54. The average Bonchev–Trinajstić information content (AvgIpc) is 3.45. The van der Waals surface area contributed by atoms with Crippen molar-refractivity contribution in [1.29, 1.82) is 0 Å². The lowest BCUT2D eigenvalue weighted by Gasteiger charge is -2.10. The number of amides is 1. The first kappa shape index (κ1) is 21.1. The van der Waals surface area contributed by atoms with Gasteiger partial charge in [0.2, 0.25) is 0 Å². The number of methoxy groups -OCH3 is 1. The molecule has 1 amide bonds. The van der Waals surface area contributed by atoms with Crippen LogP contribution >= 0.6 is 23.2 Å². The third-order valence-corrected chi connectivity index (χ3v) is 5.13. The maximum Gasteiger partial charge on any atom is 0.291 e. The number of furan rings is 2. The van der Waals surface area contributed by atoms with E-state index < -0.39 is 5.91 Å². The number of carbonyl (C=O) groups excluding carboxylic acids is 1. The van der Waals surface area contributed by atoms with Gasteiger partial charge in [-0.2, -0.15) is 0 Å². The zero-order valence-electron chi connectivity index (χ0n) is 16.3. The largest absolute Gasteiger partial charge is 0.496 e. The van der Waals surface area contributed by atoms with Crippen molar-refractivity contribution in [3.05, 3.63) is 82.2 Å². The second kappa shape index (κ2) is 8.89. The van der Waals surface area contributed by atoms with Gasteiger partial charge in [-0.25, -0.2) is 0 Å². The van der Waals surface area contributed by atoms with E-state index in [1.807, 2.05) is 0 Å². The highest BCUT2D eigenvalue weighted by atomic mass is 35.5. The summed E-state index contributed by atoms with van der Waals surface area (Å²) in [4.78, 5) is 12.7. The number of carbonyl (C=O) groups is 1. The van der Waals surface area contributed by atoms with Gasteiger partial charge in [0.15, 0.2) is 5.76 Å². The zero-order valence-corrected chi connectivity index (χ0v) is 17.8. The molecule has 2 N–H and O–H groups in total. The summed E-state index contributed by atoms with van der Waals surface area (Å²) in [6, 6.07) is 16.8. The third-order valence-electron chi connectivity index (χ3n) is 4.56. The Bertz CT molecular complexity index is 1240. The van der Waals surface area contributed by atoms with E-state index in [-0.39, 0.29) is 12.4 Å². The standard InChI is InChI=1S/C23H17Cl2NO5/c1-29-19-6-3-14(11-17(19)21-7-4-15(12-27)30-21)26-23(28)22-9-8-20(31-22)16-10-13(24)2-5-18(16)25/h2-11,27H,12H2,1H3,(H,26,28). The van der Waals surface area contributed by atoms with Gasteiger partial charge in [0.1, 0.15) is 29.6 Å². The normalized spacial score (nSPS) is 10.8. The van der Waals surface area contributed by atoms with Crippen LogP contribution in [-0.4, -0.2) is 18.1 Å². The van der Waals surface area contributed by atoms with Crippen LogP contribution in [-0.2, 0) is 6.61 Å². The Morgan fingerprint density at radius 3 is 2.48 bits per heavy atom. The van der Waals surface area contributed by atoms with Gasteiger partial charge in [-0.15, -0.1) is 0 Å². The molecule has 4 rings (SSSR count). The summed E-state index contributed by atoms with van der Waals surface area (Å²) in [6.07, 6.45) is 0. The van der Waals surface area contributed by atoms with Gasteiger partial charge in [0, 0.05) is 16.3 Å². The van der Waals surface area contributed by atoms with Crippen LogP contribution in [0.3, 0.4) is 0 Å². The van der Waals surface area contributed by atoms with Crippen molar-refractivity contribution in [2.75, 3.05) is 12.4 Å². The Hall–Kier alpha value is -3.19. The van der Waals surface area contributed by atoms with E-state index in [1.165, 1.54) is 0 Å². The second-order valence-electron chi connectivity index (χ2n) is 6.58. The van der Waals surface area contributed by atoms with Gasteiger partial charge in [-0.05, 0) is 60.7 Å². The lowest BCUT2D eigenvalue weighted by Crippen LogP contribution is -2.10. The van der Waals surface area contributed by atoms with E-state index in [1.54, 1.807) is 67.8 Å². The first-order valence-corrected chi connectivity index (χ1v) is 9.98. The van der Waals surface area contributed by atoms with E-state index in [2.05, 4.69) is 5.32 Å². The van der Waals surface area contributed by atoms with Gasteiger partial charge in [0.05, 0.1) is 17.7 Å². The van der Waals surface area contributed by atoms with Crippen LogP contribution in [0.4, 0.5) is 5.69 Å². The summed E-state index contributed by atoms with van der Waals surface area (Å²) < 4.78 is 16.7. The van der Waals surface area contributed by atoms with E-state index in [0.717, 1.165) is 0 Å². The number of aliphatic hydroxyl groups excluding tert-OH is 1. The predicted octanol–water partition coefficient (Wildman–Crippen LogP) is 6.27. The topological polar surface area (TPSA) is 84.8 Å². The number of anilines is 1. The van der Waals surface area contributed by atoms with Crippen LogP contribution in [0.25, 0.3) is 22.6 Å². The molecule has 6 nitrogen and oxygen atoms in total. The number of hydrogen-bond donors (Lipinski definition) is 2. The molecule has 8 heteroatoms. The van der Waals surface area contributed by atoms with Crippen molar-refractivity contribution < 1.29 is 23.5 Å². The molecule has 0 radical (unpaired) electrons. The summed E-state index contributed by atoms with van der Waals surface area (Å²) in [6.45, 7) is -0.212. The number of nitrogens with one attached hydrogen (secondary N) is 1. The molecule has 4 aromatic rings. The van der Waals surface area contributed by atoms with E-state index in [4.69, 9.17) is 36.8 Å². The van der Waals surface area contributed by atoms with Crippen molar-refractivity contribution in [3.63, 3.8) is 0 Å². The fraction of sp³-hybridized carbons (Fsp3) is 0.0870. The Balaban J connectivity index is 1.58. The Morgan fingerprint density at radius 2 is 1.74 bits per heavy atom. The minimum Gasteiger partial charge on any atom is -0.496 e. The molecule has 2 heterocycles. The number of hydrogen-bond acceptors (Lipinski definition) is 5. The van der Waals surface area contributed by atoms with Gasteiger partial charge < -0.3 is 24.0 Å². The first-order valence-electron chi connectivity index (χ1n) is 9.23. The van der Waals surface area contributed by atoms with Gasteiger partial charge in [-0.1, -0.05) is 23.2 Å². The second-order valence-corrected chi connectivity index (χ2v) is 7.42. The van der Waals surface area contributed by atoms with Crippen molar-refractivity contribution >= 4 is 34.8 Å². The molecule has 2 aromatic carbocycles. The van der Waals surface area contributed by atoms with Crippen LogP contribution in [0.1, 0.15) is 16.3 Å². The lowest BCUT2D eigenvalue weighted by atomic mass is 10.1. The minimum atomic E-state index is -0.434. The molecule has 2 aromatic heterocycles. The summed E-state index contributed by atoms with van der Waals surface area (Å²) in [5.74, 6) is 1.61. The van der Waals surface area contributed by atoms with E-state index in [9.17, 15) is 9.90 Å². The van der Waals surface area contributed by atoms with Crippen LogP contribution in [0.15, 0.2) is 69.5 Å². The summed E-state index contributed by atoms with van der Waals surface area (Å²) in [5.41, 5.74) is 1.74. The van der Waals surface area contributed by atoms with E-state index >= 15 is 0 Å². The molecule has 0 saturated carbocycles. The van der Waals surface area contributed by atoms with Crippen LogP contribution < -0.4 is 10.1 Å². The van der Waals surface area contributed by atoms with E-state index in [0.29, 0.717) is 49.9 Å². The molecule has 0 aliphatic heterocycles. The molecule has 158 valence electrons. The summed E-state index contributed by atoms with van der Waals surface area (Å²) in [5, 5.41) is 13.0. The van der Waals surface area contributed by atoms with Gasteiger partial charge in [0.25, 0.3) is 5.91 Å². The molecule has 0 aliphatic rings.